The maximum Gasteiger partial charge on any atom is 0.254 e. The number of aliphatic hydroxyl groups is 1. The molecule has 29 heavy (non-hydrogen) atoms. The lowest BCUT2D eigenvalue weighted by Crippen LogP contribution is -2.49. The van der Waals surface area contributed by atoms with Crippen LogP contribution in [-0.4, -0.2) is 31.8 Å². The second-order valence-corrected chi connectivity index (χ2v) is 7.92. The first-order valence-electron chi connectivity index (χ1n) is 9.82. The number of pyridine rings is 1. The van der Waals surface area contributed by atoms with Crippen molar-refractivity contribution in [3.63, 3.8) is 0 Å². The van der Waals surface area contributed by atoms with Gasteiger partial charge in [0.1, 0.15) is 11.4 Å². The number of aryl methyl sites for hydroxylation is 1. The van der Waals surface area contributed by atoms with Gasteiger partial charge in [-0.3, -0.25) is 14.3 Å². The number of H-pyrrole nitrogens is 1. The van der Waals surface area contributed by atoms with E-state index in [4.69, 9.17) is 0 Å². The molecule has 2 aliphatic rings. The summed E-state index contributed by atoms with van der Waals surface area (Å²) in [5.41, 5.74) is 0.0270. The Morgan fingerprint density at radius 3 is 2.93 bits per heavy atom. The number of nitrogens with zero attached hydrogens (tertiary/aromatic N) is 2. The number of benzene rings is 1. The molecule has 1 amide bonds. The largest absolute Gasteiger partial charge is 0.383 e. The average Bonchev–Trinajstić information content (AvgIpc) is 3.27. The quantitative estimate of drug-likeness (QED) is 0.631. The van der Waals surface area contributed by atoms with Crippen molar-refractivity contribution in [3.8, 4) is 11.3 Å². The van der Waals surface area contributed by atoms with E-state index in [0.717, 1.165) is 0 Å². The Hall–Kier alpha value is -3.00. The number of amides is 1. The molecule has 2 aromatic heterocycles. The smallest absolute Gasteiger partial charge is 0.254 e. The Bertz CT molecular complexity index is 1200. The van der Waals surface area contributed by atoms with Gasteiger partial charge >= 0.3 is 0 Å². The first kappa shape index (κ1) is 18.1. The minimum atomic E-state index is -1.40. The fraction of sp³-hybridized carbons (Fsp3) is 0.381. The molecule has 1 aliphatic carbocycles. The van der Waals surface area contributed by atoms with E-state index in [0.29, 0.717) is 48.0 Å². The second kappa shape index (κ2) is 6.25. The molecule has 0 spiro atoms. The molecule has 1 aliphatic heterocycles. The minimum Gasteiger partial charge on any atom is -0.383 e. The molecule has 2 fully saturated rings. The van der Waals surface area contributed by atoms with Crippen LogP contribution >= 0.6 is 0 Å². The van der Waals surface area contributed by atoms with E-state index in [1.165, 1.54) is 12.3 Å². The van der Waals surface area contributed by atoms with Crippen molar-refractivity contribution >= 4 is 16.8 Å². The number of carbonyl (C=O) groups is 1. The molecule has 1 aromatic carbocycles. The van der Waals surface area contributed by atoms with Gasteiger partial charge in [-0.15, -0.1) is 0 Å². The predicted molar refractivity (Wildman–Crippen MR) is 105 cm³/mol. The zero-order valence-corrected chi connectivity index (χ0v) is 15.9. The fourth-order valence-electron chi connectivity index (χ4n) is 4.72. The Morgan fingerprint density at radius 2 is 2.17 bits per heavy atom. The third-order valence-electron chi connectivity index (χ3n) is 6.36. The van der Waals surface area contributed by atoms with Gasteiger partial charge in [0.25, 0.3) is 5.56 Å². The number of fused-ring (bicyclic) bond motifs is 3. The van der Waals surface area contributed by atoms with Crippen LogP contribution in [0.3, 0.4) is 0 Å². The molecule has 7 nitrogen and oxygen atoms in total. The van der Waals surface area contributed by atoms with Crippen molar-refractivity contribution < 1.29 is 14.3 Å². The van der Waals surface area contributed by atoms with Crippen LogP contribution in [0.4, 0.5) is 4.39 Å². The highest BCUT2D eigenvalue weighted by atomic mass is 19.1. The van der Waals surface area contributed by atoms with Crippen molar-refractivity contribution in [2.45, 2.75) is 44.4 Å². The number of halogens is 1. The van der Waals surface area contributed by atoms with Gasteiger partial charge in [0.2, 0.25) is 5.91 Å². The number of aromatic nitrogens is 3. The van der Waals surface area contributed by atoms with Crippen molar-refractivity contribution in [1.29, 1.82) is 0 Å². The monoisotopic (exact) mass is 396 g/mol. The van der Waals surface area contributed by atoms with Gasteiger partial charge in [-0.2, -0.15) is 5.10 Å². The van der Waals surface area contributed by atoms with Gasteiger partial charge in [0, 0.05) is 23.7 Å². The molecule has 0 unspecified atom stereocenters. The zero-order valence-electron chi connectivity index (χ0n) is 15.9. The van der Waals surface area contributed by atoms with Gasteiger partial charge in [-0.05, 0) is 50.5 Å². The fourth-order valence-corrected chi connectivity index (χ4v) is 4.72. The number of hydrogen-bond donors (Lipinski definition) is 3. The third-order valence-corrected chi connectivity index (χ3v) is 6.36. The van der Waals surface area contributed by atoms with E-state index in [-0.39, 0.29) is 17.4 Å². The Kier molecular flexibility index (Phi) is 3.89. The highest BCUT2D eigenvalue weighted by Gasteiger charge is 2.51. The molecule has 0 radical (unpaired) electrons. The lowest BCUT2D eigenvalue weighted by molar-refractivity contribution is -0.122. The van der Waals surface area contributed by atoms with Crippen LogP contribution in [0.2, 0.25) is 0 Å². The van der Waals surface area contributed by atoms with Crippen molar-refractivity contribution in [1.82, 2.24) is 20.1 Å². The standard InChI is InChI=1S/C21H21FN4O3/c1-2-26-17-8-12(7-15(22)13(17)10-23-26)16-4-3-14(20(28)24-16)21(29)6-5-11-9-18(21)25-19(11)27/h3-4,7-8,10-11,18,29H,2,5-6,9H2,1H3,(H,24,28)(H,25,27)/t11-,18-,21+/m0/s1. The predicted octanol–water partition coefficient (Wildman–Crippen LogP) is 2.04. The van der Waals surface area contributed by atoms with Crippen molar-refractivity contribution in [2.75, 3.05) is 0 Å². The maximum atomic E-state index is 14.5. The molecule has 150 valence electrons. The summed E-state index contributed by atoms with van der Waals surface area (Å²) in [7, 11) is 0. The van der Waals surface area contributed by atoms with Gasteiger partial charge in [-0.25, -0.2) is 4.39 Å². The first-order chi connectivity index (χ1) is 13.9. The number of carbonyl (C=O) groups excluding carboxylic acids is 1. The molecule has 1 saturated heterocycles. The van der Waals surface area contributed by atoms with Crippen molar-refractivity contribution in [2.24, 2.45) is 5.92 Å². The van der Waals surface area contributed by atoms with Crippen LogP contribution in [0.5, 0.6) is 0 Å². The normalized spacial score (nSPS) is 26.1. The molecule has 3 N–H and O–H groups in total. The molecule has 3 atom stereocenters. The van der Waals surface area contributed by atoms with Gasteiger partial charge in [0.15, 0.2) is 0 Å². The maximum absolute atomic E-state index is 14.5. The number of rotatable bonds is 3. The Labute approximate surface area is 165 Å². The van der Waals surface area contributed by atoms with Crippen LogP contribution in [0, 0.1) is 11.7 Å². The summed E-state index contributed by atoms with van der Waals surface area (Å²) in [5.74, 6) is -0.556. The summed E-state index contributed by atoms with van der Waals surface area (Å²) < 4.78 is 16.2. The zero-order chi connectivity index (χ0) is 20.3. The molecule has 1 saturated carbocycles. The molecule has 5 rings (SSSR count). The summed E-state index contributed by atoms with van der Waals surface area (Å²) in [5, 5.41) is 18.6. The molecular weight excluding hydrogens is 375 g/mol. The highest BCUT2D eigenvalue weighted by Crippen LogP contribution is 2.42. The Balaban J connectivity index is 1.56. The number of nitrogens with one attached hydrogen (secondary N) is 2. The van der Waals surface area contributed by atoms with Gasteiger partial charge < -0.3 is 15.4 Å². The number of aromatic amines is 1. The van der Waals surface area contributed by atoms with E-state index in [2.05, 4.69) is 15.4 Å². The topological polar surface area (TPSA) is 100 Å². The molecule has 8 heteroatoms. The minimum absolute atomic E-state index is 0.0599. The van der Waals surface area contributed by atoms with E-state index in [1.807, 2.05) is 6.92 Å². The molecule has 3 aromatic rings. The van der Waals surface area contributed by atoms with Crippen LogP contribution in [0.25, 0.3) is 22.2 Å². The number of hydrogen-bond acceptors (Lipinski definition) is 4. The average molecular weight is 396 g/mol. The summed E-state index contributed by atoms with van der Waals surface area (Å²) in [6.45, 7) is 2.52. The SMILES string of the molecule is CCn1ncc2c(F)cc(-c3ccc([C@]4(O)CC[C@H]5C[C@@H]4NC5=O)c(=O)[nH]3)cc21. The van der Waals surface area contributed by atoms with Gasteiger partial charge in [-0.1, -0.05) is 0 Å². The lowest BCUT2D eigenvalue weighted by Gasteiger charge is -2.36. The van der Waals surface area contributed by atoms with E-state index in [1.54, 1.807) is 22.9 Å². The second-order valence-electron chi connectivity index (χ2n) is 7.92. The van der Waals surface area contributed by atoms with Crippen LogP contribution in [-0.2, 0) is 16.9 Å². The molecular formula is C21H21FN4O3. The molecule has 3 heterocycles. The van der Waals surface area contributed by atoms with Crippen molar-refractivity contribution in [3.05, 3.63) is 52.2 Å². The highest BCUT2D eigenvalue weighted by molar-refractivity contribution is 5.84. The summed E-state index contributed by atoms with van der Waals surface area (Å²) in [4.78, 5) is 27.6. The van der Waals surface area contributed by atoms with Crippen LogP contribution in [0.15, 0.2) is 35.3 Å². The summed E-state index contributed by atoms with van der Waals surface area (Å²) in [6, 6.07) is 5.94. The molecule has 2 bridgehead atoms. The third kappa shape index (κ3) is 2.62. The van der Waals surface area contributed by atoms with Crippen LogP contribution < -0.4 is 10.9 Å². The van der Waals surface area contributed by atoms with E-state index < -0.39 is 23.0 Å². The van der Waals surface area contributed by atoms with Gasteiger partial charge in [0.05, 0.1) is 28.7 Å². The first-order valence-corrected chi connectivity index (χ1v) is 9.82. The van der Waals surface area contributed by atoms with Crippen LogP contribution in [0.1, 0.15) is 31.7 Å². The van der Waals surface area contributed by atoms with E-state index in [9.17, 15) is 19.1 Å². The Morgan fingerprint density at radius 1 is 1.34 bits per heavy atom. The lowest BCUT2D eigenvalue weighted by atomic mass is 9.74. The summed E-state index contributed by atoms with van der Waals surface area (Å²) in [6.07, 6.45) is 2.91. The summed E-state index contributed by atoms with van der Waals surface area (Å²) >= 11 is 0. The van der Waals surface area contributed by atoms with E-state index >= 15 is 0 Å².